The summed E-state index contributed by atoms with van der Waals surface area (Å²) in [6.07, 6.45) is 0.986. The minimum atomic E-state index is -0.186. The number of ether oxygens (including phenoxy) is 1. The lowest BCUT2D eigenvalue weighted by Crippen LogP contribution is -2.26. The Kier molecular flexibility index (Phi) is 5.20. The summed E-state index contributed by atoms with van der Waals surface area (Å²) in [6, 6.07) is 8.30. The van der Waals surface area contributed by atoms with Gasteiger partial charge < -0.3 is 4.74 Å². The van der Waals surface area contributed by atoms with Crippen LogP contribution in [0.4, 0.5) is 4.39 Å². The van der Waals surface area contributed by atoms with Crippen molar-refractivity contribution in [2.75, 3.05) is 32.9 Å². The molecule has 2 rings (SSSR count). The maximum Gasteiger partial charge on any atom is 0.119 e. The number of halogens is 1. The Morgan fingerprint density at radius 2 is 2.05 bits per heavy atom. The molecule has 0 spiro atoms. The Bertz CT molecular complexity index is 377. The van der Waals surface area contributed by atoms with Gasteiger partial charge in [0.25, 0.3) is 0 Å². The second-order valence-corrected chi connectivity index (χ2v) is 5.68. The number of hydrogen-bond donors (Lipinski definition) is 0. The minimum Gasteiger partial charge on any atom is -0.492 e. The van der Waals surface area contributed by atoms with E-state index in [1.807, 2.05) is 12.1 Å². The Morgan fingerprint density at radius 1 is 1.32 bits per heavy atom. The third-order valence-corrected chi connectivity index (χ3v) is 3.81. The lowest BCUT2D eigenvalue weighted by atomic mass is 10.0. The molecule has 0 aliphatic carbocycles. The molecule has 1 fully saturated rings. The molecule has 0 unspecified atom stereocenters. The first-order valence-corrected chi connectivity index (χ1v) is 7.20. The van der Waals surface area contributed by atoms with E-state index in [1.165, 1.54) is 5.56 Å². The summed E-state index contributed by atoms with van der Waals surface area (Å²) < 4.78 is 18.2. The van der Waals surface area contributed by atoms with Crippen LogP contribution >= 0.6 is 0 Å². The first kappa shape index (κ1) is 14.3. The Labute approximate surface area is 115 Å². The van der Waals surface area contributed by atoms with Gasteiger partial charge in [-0.3, -0.25) is 9.29 Å². The zero-order valence-corrected chi connectivity index (χ0v) is 11.9. The maximum atomic E-state index is 12.5. The normalized spacial score (nSPS) is 20.1. The number of hydrogen-bond acceptors (Lipinski definition) is 2. The van der Waals surface area contributed by atoms with Gasteiger partial charge in [0.1, 0.15) is 12.4 Å². The van der Waals surface area contributed by atoms with Gasteiger partial charge in [-0.2, -0.15) is 0 Å². The van der Waals surface area contributed by atoms with E-state index in [4.69, 9.17) is 4.74 Å². The van der Waals surface area contributed by atoms with E-state index >= 15 is 0 Å². The van der Waals surface area contributed by atoms with Crippen LogP contribution in [0.15, 0.2) is 24.3 Å². The summed E-state index contributed by atoms with van der Waals surface area (Å²) in [5, 5.41) is 0. The number of nitrogens with zero attached hydrogens (tertiary/aromatic N) is 1. The highest BCUT2D eigenvalue weighted by atomic mass is 19.1. The third-order valence-electron chi connectivity index (χ3n) is 3.81. The van der Waals surface area contributed by atoms with E-state index in [-0.39, 0.29) is 12.6 Å². The molecule has 1 aliphatic rings. The Morgan fingerprint density at radius 3 is 2.63 bits per heavy atom. The van der Waals surface area contributed by atoms with Crippen molar-refractivity contribution in [2.45, 2.75) is 26.2 Å². The highest BCUT2D eigenvalue weighted by Gasteiger charge is 2.21. The summed E-state index contributed by atoms with van der Waals surface area (Å²) >= 11 is 0. The molecule has 2 nitrogen and oxygen atoms in total. The van der Waals surface area contributed by atoms with Crippen molar-refractivity contribution in [2.24, 2.45) is 5.92 Å². The van der Waals surface area contributed by atoms with Gasteiger partial charge in [0.05, 0.1) is 6.67 Å². The van der Waals surface area contributed by atoms with Gasteiger partial charge in [-0.1, -0.05) is 26.0 Å². The molecule has 1 aromatic carbocycles. The van der Waals surface area contributed by atoms with Gasteiger partial charge in [0.15, 0.2) is 0 Å². The highest BCUT2D eigenvalue weighted by molar-refractivity contribution is 5.28. The average Bonchev–Trinajstić information content (AvgIpc) is 2.87. The fourth-order valence-corrected chi connectivity index (χ4v) is 2.48. The monoisotopic (exact) mass is 265 g/mol. The summed E-state index contributed by atoms with van der Waals surface area (Å²) in [4.78, 5) is 2.28. The number of benzene rings is 1. The molecule has 106 valence electrons. The summed E-state index contributed by atoms with van der Waals surface area (Å²) in [7, 11) is 0. The zero-order valence-electron chi connectivity index (χ0n) is 11.9. The van der Waals surface area contributed by atoms with Crippen molar-refractivity contribution in [1.29, 1.82) is 0 Å². The fourth-order valence-electron chi connectivity index (χ4n) is 2.48. The van der Waals surface area contributed by atoms with Gasteiger partial charge in [-0.05, 0) is 36.6 Å². The quantitative estimate of drug-likeness (QED) is 0.781. The molecule has 3 heteroatoms. The smallest absolute Gasteiger partial charge is 0.119 e. The SMILES string of the molecule is CC(C)c1ccc(OCCN2CC[C@@H](CF)C2)cc1. The minimum absolute atomic E-state index is 0.186. The van der Waals surface area contributed by atoms with Crippen molar-refractivity contribution in [3.8, 4) is 5.75 Å². The molecule has 0 bridgehead atoms. The lowest BCUT2D eigenvalue weighted by Gasteiger charge is -2.16. The molecular weight excluding hydrogens is 241 g/mol. The van der Waals surface area contributed by atoms with Crippen molar-refractivity contribution in [3.05, 3.63) is 29.8 Å². The number of likely N-dealkylation sites (tertiary alicyclic amines) is 1. The molecule has 0 radical (unpaired) electrons. The van der Waals surface area contributed by atoms with Crippen molar-refractivity contribution < 1.29 is 9.13 Å². The highest BCUT2D eigenvalue weighted by Crippen LogP contribution is 2.19. The lowest BCUT2D eigenvalue weighted by molar-refractivity contribution is 0.228. The van der Waals surface area contributed by atoms with E-state index in [0.717, 1.165) is 31.8 Å². The van der Waals surface area contributed by atoms with E-state index < -0.39 is 0 Å². The zero-order chi connectivity index (χ0) is 13.7. The van der Waals surface area contributed by atoms with E-state index in [2.05, 4.69) is 30.9 Å². The van der Waals surface area contributed by atoms with Crippen LogP contribution in [0.25, 0.3) is 0 Å². The molecular formula is C16H24FNO. The van der Waals surface area contributed by atoms with E-state index in [9.17, 15) is 4.39 Å². The van der Waals surface area contributed by atoms with E-state index in [0.29, 0.717) is 12.5 Å². The van der Waals surface area contributed by atoms with Crippen LogP contribution < -0.4 is 4.74 Å². The average molecular weight is 265 g/mol. The van der Waals surface area contributed by atoms with Crippen LogP contribution in [0.1, 0.15) is 31.7 Å². The van der Waals surface area contributed by atoms with Crippen molar-refractivity contribution in [1.82, 2.24) is 4.90 Å². The van der Waals surface area contributed by atoms with Crippen molar-refractivity contribution >= 4 is 0 Å². The molecule has 1 heterocycles. The molecule has 19 heavy (non-hydrogen) atoms. The van der Waals surface area contributed by atoms with Crippen LogP contribution in [0.3, 0.4) is 0 Å². The van der Waals surface area contributed by atoms with Crippen molar-refractivity contribution in [3.63, 3.8) is 0 Å². The number of rotatable bonds is 6. The van der Waals surface area contributed by atoms with Gasteiger partial charge in [-0.25, -0.2) is 0 Å². The van der Waals surface area contributed by atoms with Crippen LogP contribution in [-0.4, -0.2) is 37.8 Å². The standard InChI is InChI=1S/C16H24FNO/c1-13(2)15-3-5-16(6-4-15)19-10-9-18-8-7-14(11-17)12-18/h3-6,13-14H,7-12H2,1-2H3/t14-/m0/s1. The largest absolute Gasteiger partial charge is 0.492 e. The molecule has 1 aromatic rings. The first-order chi connectivity index (χ1) is 9.19. The van der Waals surface area contributed by atoms with Gasteiger partial charge >= 0.3 is 0 Å². The van der Waals surface area contributed by atoms with Crippen LogP contribution in [0, 0.1) is 5.92 Å². The van der Waals surface area contributed by atoms with Gasteiger partial charge in [0.2, 0.25) is 0 Å². The predicted molar refractivity (Wildman–Crippen MR) is 76.5 cm³/mol. The predicted octanol–water partition coefficient (Wildman–Crippen LogP) is 3.48. The summed E-state index contributed by atoms with van der Waals surface area (Å²) in [5.74, 6) is 1.72. The Hall–Kier alpha value is -1.09. The molecule has 1 saturated heterocycles. The maximum absolute atomic E-state index is 12.5. The Balaban J connectivity index is 1.71. The first-order valence-electron chi connectivity index (χ1n) is 7.20. The molecule has 0 aromatic heterocycles. The molecule has 0 N–H and O–H groups in total. The summed E-state index contributed by atoms with van der Waals surface area (Å²) in [6.45, 7) is 7.64. The number of alkyl halides is 1. The molecule has 0 amide bonds. The molecule has 1 aliphatic heterocycles. The molecule has 0 saturated carbocycles. The fraction of sp³-hybridized carbons (Fsp3) is 0.625. The second kappa shape index (κ2) is 6.90. The van der Waals surface area contributed by atoms with Gasteiger partial charge in [0, 0.05) is 19.0 Å². The molecule has 1 atom stereocenters. The van der Waals surface area contributed by atoms with Crippen LogP contribution in [-0.2, 0) is 0 Å². The van der Waals surface area contributed by atoms with Crippen LogP contribution in [0.2, 0.25) is 0 Å². The van der Waals surface area contributed by atoms with E-state index in [1.54, 1.807) is 0 Å². The summed E-state index contributed by atoms with van der Waals surface area (Å²) in [5.41, 5.74) is 1.33. The third kappa shape index (κ3) is 4.20. The van der Waals surface area contributed by atoms with Crippen LogP contribution in [0.5, 0.6) is 5.75 Å². The second-order valence-electron chi connectivity index (χ2n) is 5.68. The van der Waals surface area contributed by atoms with Gasteiger partial charge in [-0.15, -0.1) is 0 Å². The topological polar surface area (TPSA) is 12.5 Å².